The predicted octanol–water partition coefficient (Wildman–Crippen LogP) is 1.96. The van der Waals surface area contributed by atoms with Gasteiger partial charge in [-0.2, -0.15) is 8.42 Å². The van der Waals surface area contributed by atoms with E-state index in [1.54, 1.807) is 18.2 Å². The summed E-state index contributed by atoms with van der Waals surface area (Å²) >= 11 is 0. The van der Waals surface area contributed by atoms with Crippen LogP contribution in [0, 0.1) is 10.1 Å². The van der Waals surface area contributed by atoms with Crippen LogP contribution in [0.3, 0.4) is 0 Å². The Kier molecular flexibility index (Phi) is 4.97. The molecule has 0 heterocycles. The number of hydrogen-bond acceptors (Lipinski definition) is 7. The normalized spacial score (nSPS) is 11.8. The zero-order valence-corrected chi connectivity index (χ0v) is 14.3. The van der Waals surface area contributed by atoms with E-state index >= 15 is 0 Å². The fraction of sp³-hybridized carbons (Fsp3) is 0.0769. The minimum absolute atomic E-state index is 0.174. The van der Waals surface area contributed by atoms with Crippen LogP contribution in [0.4, 0.5) is 11.4 Å². The van der Waals surface area contributed by atoms with E-state index in [9.17, 15) is 31.5 Å². The largest absolute Gasteiger partial charge is 0.455 e. The molecule has 0 radical (unpaired) electrons. The van der Waals surface area contributed by atoms with Crippen molar-refractivity contribution < 1.29 is 31.0 Å². The lowest BCUT2D eigenvalue weighted by atomic mass is 10.2. The van der Waals surface area contributed by atoms with Crippen molar-refractivity contribution in [3.8, 4) is 11.5 Å². The number of non-ortho nitro benzene ring substituents is 1. The van der Waals surface area contributed by atoms with Crippen LogP contribution in [0.5, 0.6) is 11.5 Å². The lowest BCUT2D eigenvalue weighted by molar-refractivity contribution is -0.384. The summed E-state index contributed by atoms with van der Waals surface area (Å²) in [6.45, 7) is 0. The molecule has 0 aliphatic carbocycles. The average molecular weight is 388 g/mol. The number of nitro benzene ring substituents is 1. The molecule has 1 N–H and O–H groups in total. The fourth-order valence-electron chi connectivity index (χ4n) is 1.94. The van der Waals surface area contributed by atoms with Gasteiger partial charge in [0, 0.05) is 6.07 Å². The number of rotatable bonds is 6. The summed E-state index contributed by atoms with van der Waals surface area (Å²) in [6, 6.07) is 10.4. The van der Waals surface area contributed by atoms with Gasteiger partial charge in [0.15, 0.2) is 5.75 Å². The molecule has 25 heavy (non-hydrogen) atoms. The molecule has 134 valence electrons. The quantitative estimate of drug-likeness (QED) is 0.449. The highest BCUT2D eigenvalue weighted by atomic mass is 32.3. The van der Waals surface area contributed by atoms with E-state index in [1.807, 2.05) is 0 Å². The highest BCUT2D eigenvalue weighted by Gasteiger charge is 2.33. The van der Waals surface area contributed by atoms with Crippen LogP contribution in [-0.2, 0) is 20.3 Å². The molecule has 2 aromatic rings. The summed E-state index contributed by atoms with van der Waals surface area (Å²) in [4.78, 5) is 10.2. The highest BCUT2D eigenvalue weighted by Crippen LogP contribution is 2.37. The lowest BCUT2D eigenvalue weighted by Gasteiger charge is -2.20. The Hall–Kier alpha value is -2.70. The molecule has 0 fully saturated rings. The molecule has 2 aromatic carbocycles. The summed E-state index contributed by atoms with van der Waals surface area (Å²) in [5.74, 6) is -0.267. The Labute approximate surface area is 143 Å². The van der Waals surface area contributed by atoms with Gasteiger partial charge in [0.2, 0.25) is 10.0 Å². The van der Waals surface area contributed by atoms with Crippen molar-refractivity contribution in [2.24, 2.45) is 0 Å². The Morgan fingerprint density at radius 2 is 1.68 bits per heavy atom. The first-order chi connectivity index (χ1) is 11.5. The Morgan fingerprint density at radius 1 is 1.08 bits per heavy atom. The van der Waals surface area contributed by atoms with Crippen molar-refractivity contribution in [2.75, 3.05) is 9.97 Å². The molecule has 0 saturated carbocycles. The second kappa shape index (κ2) is 6.66. The third kappa shape index (κ3) is 4.43. The molecule has 0 aliphatic heterocycles. The van der Waals surface area contributed by atoms with Crippen LogP contribution in [-0.4, -0.2) is 32.6 Å². The van der Waals surface area contributed by atoms with Crippen LogP contribution in [0.15, 0.2) is 48.5 Å². The monoisotopic (exact) mass is 388 g/mol. The Balaban J connectivity index is 2.70. The second-order valence-corrected chi connectivity index (χ2v) is 8.09. The summed E-state index contributed by atoms with van der Waals surface area (Å²) in [7, 11) is -9.71. The number of para-hydroxylation sites is 1. The molecule has 10 nitrogen and oxygen atoms in total. The van der Waals surface area contributed by atoms with Gasteiger partial charge in [0.25, 0.3) is 5.69 Å². The topological polar surface area (TPSA) is 144 Å². The van der Waals surface area contributed by atoms with Gasteiger partial charge in [-0.1, -0.05) is 18.2 Å². The first-order valence-electron chi connectivity index (χ1n) is 6.49. The maximum Gasteiger partial charge on any atom is 0.373 e. The molecule has 0 unspecified atom stereocenters. The summed E-state index contributed by atoms with van der Waals surface area (Å²) in [5, 5.41) is 10.9. The maximum absolute atomic E-state index is 11.8. The first kappa shape index (κ1) is 18.6. The zero-order valence-electron chi connectivity index (χ0n) is 12.6. The van der Waals surface area contributed by atoms with Gasteiger partial charge in [0.1, 0.15) is 11.4 Å². The van der Waals surface area contributed by atoms with Gasteiger partial charge in [-0.25, -0.2) is 8.42 Å². The molecule has 2 rings (SSSR count). The molecule has 12 heteroatoms. The molecule has 0 bridgehead atoms. The second-order valence-electron chi connectivity index (χ2n) is 4.76. The van der Waals surface area contributed by atoms with E-state index in [2.05, 4.69) is 0 Å². The SMILES string of the molecule is CS(=O)(=O)N(c1ccc([N+](=O)[O-])cc1Oc1ccccc1)S(=O)(=O)O. The van der Waals surface area contributed by atoms with Gasteiger partial charge < -0.3 is 4.74 Å². The molecule has 0 saturated heterocycles. The first-order valence-corrected chi connectivity index (χ1v) is 9.74. The van der Waals surface area contributed by atoms with Gasteiger partial charge in [-0.3, -0.25) is 14.7 Å². The lowest BCUT2D eigenvalue weighted by Crippen LogP contribution is -2.35. The van der Waals surface area contributed by atoms with Crippen molar-refractivity contribution >= 4 is 31.7 Å². The van der Waals surface area contributed by atoms with Crippen molar-refractivity contribution in [3.05, 3.63) is 58.6 Å². The van der Waals surface area contributed by atoms with Crippen molar-refractivity contribution in [3.63, 3.8) is 0 Å². The maximum atomic E-state index is 11.8. The van der Waals surface area contributed by atoms with Crippen molar-refractivity contribution in [2.45, 2.75) is 0 Å². The number of benzene rings is 2. The molecule has 0 amide bonds. The molecule has 0 aromatic heterocycles. The molecular weight excluding hydrogens is 376 g/mol. The van der Waals surface area contributed by atoms with Crippen LogP contribution >= 0.6 is 0 Å². The highest BCUT2D eigenvalue weighted by molar-refractivity contribution is 8.07. The number of nitrogens with zero attached hydrogens (tertiary/aromatic N) is 2. The predicted molar refractivity (Wildman–Crippen MR) is 88.5 cm³/mol. The Morgan fingerprint density at radius 3 is 2.16 bits per heavy atom. The molecule has 0 spiro atoms. The van der Waals surface area contributed by atoms with E-state index in [4.69, 9.17) is 4.74 Å². The standard InChI is InChI=1S/C13H12N2O8S2/c1-24(18,19)15(25(20,21)22)12-8-7-10(14(16)17)9-13(12)23-11-5-3-2-4-6-11/h2-9H,1H3,(H,20,21,22). The van der Waals surface area contributed by atoms with Crippen LogP contribution in [0.25, 0.3) is 0 Å². The number of anilines is 1. The van der Waals surface area contributed by atoms with Crippen molar-refractivity contribution in [1.82, 2.24) is 0 Å². The number of ether oxygens (including phenoxy) is 1. The smallest absolute Gasteiger partial charge is 0.373 e. The zero-order chi connectivity index (χ0) is 18.8. The van der Waals surface area contributed by atoms with Crippen LogP contribution in [0.1, 0.15) is 0 Å². The minimum atomic E-state index is -5.23. The van der Waals surface area contributed by atoms with E-state index < -0.39 is 42.4 Å². The van der Waals surface area contributed by atoms with Crippen LogP contribution < -0.4 is 8.45 Å². The van der Waals surface area contributed by atoms with E-state index in [0.717, 1.165) is 18.2 Å². The van der Waals surface area contributed by atoms with E-state index in [0.29, 0.717) is 6.26 Å². The summed E-state index contributed by atoms with van der Waals surface area (Å²) in [6.07, 6.45) is 0.550. The fourth-order valence-corrected chi connectivity index (χ4v) is 4.21. The molecule has 0 aliphatic rings. The van der Waals surface area contributed by atoms with Crippen molar-refractivity contribution in [1.29, 1.82) is 0 Å². The van der Waals surface area contributed by atoms with Gasteiger partial charge in [-0.05, 0) is 18.2 Å². The number of nitro groups is 1. The number of hydrogen-bond donors (Lipinski definition) is 1. The van der Waals surface area contributed by atoms with E-state index in [1.165, 1.54) is 12.1 Å². The third-order valence-corrected chi connectivity index (χ3v) is 5.63. The average Bonchev–Trinajstić information content (AvgIpc) is 2.47. The van der Waals surface area contributed by atoms with Gasteiger partial charge in [0.05, 0.1) is 17.2 Å². The van der Waals surface area contributed by atoms with Crippen LogP contribution in [0.2, 0.25) is 0 Å². The number of sulfonamides is 1. The van der Waals surface area contributed by atoms with Gasteiger partial charge in [-0.15, -0.1) is 3.71 Å². The third-order valence-electron chi connectivity index (χ3n) is 2.83. The van der Waals surface area contributed by atoms with E-state index in [-0.39, 0.29) is 9.46 Å². The van der Waals surface area contributed by atoms with Gasteiger partial charge >= 0.3 is 10.3 Å². The molecule has 0 atom stereocenters. The summed E-state index contributed by atoms with van der Waals surface area (Å²) < 4.78 is 61.0. The summed E-state index contributed by atoms with van der Waals surface area (Å²) in [5.41, 5.74) is -1.06. The minimum Gasteiger partial charge on any atom is -0.455 e. The molecular formula is C13H12N2O8S2. The Bertz CT molecular complexity index is 972.